The number of allylic oxidation sites excluding steroid dienone is 1. The molecule has 1 aromatic carbocycles. The van der Waals surface area contributed by atoms with E-state index < -0.39 is 0 Å². The minimum atomic E-state index is -0.146. The minimum Gasteiger partial charge on any atom is -0.466 e. The molecule has 2 heterocycles. The van der Waals surface area contributed by atoms with E-state index in [-0.39, 0.29) is 36.9 Å². The van der Waals surface area contributed by atoms with Crippen molar-refractivity contribution in [2.24, 2.45) is 0 Å². The largest absolute Gasteiger partial charge is 0.466 e. The molecule has 2 aliphatic heterocycles. The van der Waals surface area contributed by atoms with Gasteiger partial charge in [0, 0.05) is 25.8 Å². The van der Waals surface area contributed by atoms with Crippen molar-refractivity contribution in [3.63, 3.8) is 0 Å². The molecule has 1 aromatic rings. The summed E-state index contributed by atoms with van der Waals surface area (Å²) in [7, 11) is 0. The van der Waals surface area contributed by atoms with Crippen LogP contribution < -0.4 is 9.47 Å². The highest BCUT2D eigenvalue weighted by Gasteiger charge is 2.28. The average molecular weight is 430 g/mol. The SMILES string of the molecule is CCOC(=O)CCCCCCN1C(=O)CCC1/C=C/C(=O)Cc1ccc2c(c1)OCO2. The number of rotatable bonds is 12. The number of hydrogen-bond donors (Lipinski definition) is 0. The van der Waals surface area contributed by atoms with Crippen LogP contribution in [0.1, 0.15) is 57.4 Å². The Morgan fingerprint density at radius 3 is 2.81 bits per heavy atom. The Balaban J connectivity index is 1.40. The Morgan fingerprint density at radius 2 is 1.97 bits per heavy atom. The van der Waals surface area contributed by atoms with Gasteiger partial charge in [-0.25, -0.2) is 0 Å². The third kappa shape index (κ3) is 6.84. The fourth-order valence-electron chi connectivity index (χ4n) is 3.91. The Bertz CT molecular complexity index is 818. The molecule has 0 radical (unpaired) electrons. The van der Waals surface area contributed by atoms with Crippen LogP contribution in [-0.4, -0.2) is 48.5 Å². The minimum absolute atomic E-state index is 0.00266. The number of hydrogen-bond acceptors (Lipinski definition) is 6. The van der Waals surface area contributed by atoms with Gasteiger partial charge >= 0.3 is 5.97 Å². The van der Waals surface area contributed by atoms with Crippen molar-refractivity contribution < 1.29 is 28.6 Å². The van der Waals surface area contributed by atoms with Crippen LogP contribution in [0.3, 0.4) is 0 Å². The van der Waals surface area contributed by atoms with Gasteiger partial charge in [-0.15, -0.1) is 0 Å². The lowest BCUT2D eigenvalue weighted by atomic mass is 10.1. The van der Waals surface area contributed by atoms with Crippen LogP contribution in [0.25, 0.3) is 0 Å². The van der Waals surface area contributed by atoms with Crippen LogP contribution in [-0.2, 0) is 25.5 Å². The maximum atomic E-state index is 12.4. The number of likely N-dealkylation sites (tertiary alicyclic amines) is 1. The van der Waals surface area contributed by atoms with Gasteiger partial charge < -0.3 is 19.1 Å². The predicted octanol–water partition coefficient (Wildman–Crippen LogP) is 3.59. The molecule has 1 amide bonds. The van der Waals surface area contributed by atoms with E-state index in [1.165, 1.54) is 0 Å². The number of fused-ring (bicyclic) bond motifs is 1. The summed E-state index contributed by atoms with van der Waals surface area (Å²) in [4.78, 5) is 37.8. The number of ketones is 1. The molecule has 168 valence electrons. The number of unbranched alkanes of at least 4 members (excludes halogenated alkanes) is 3. The topological polar surface area (TPSA) is 82.1 Å². The van der Waals surface area contributed by atoms with Gasteiger partial charge in [-0.3, -0.25) is 14.4 Å². The quantitative estimate of drug-likeness (QED) is 0.287. The molecule has 1 fully saturated rings. The Hall–Kier alpha value is -2.83. The van der Waals surface area contributed by atoms with Crippen LogP contribution in [0, 0.1) is 0 Å². The molecule has 0 aromatic heterocycles. The number of esters is 1. The fraction of sp³-hybridized carbons (Fsp3) is 0.542. The van der Waals surface area contributed by atoms with Crippen molar-refractivity contribution in [1.29, 1.82) is 0 Å². The van der Waals surface area contributed by atoms with E-state index in [2.05, 4.69) is 0 Å². The van der Waals surface area contributed by atoms with E-state index in [9.17, 15) is 14.4 Å². The Kier molecular flexibility index (Phi) is 8.50. The molecule has 1 atom stereocenters. The number of carbonyl (C=O) groups excluding carboxylic acids is 3. The Morgan fingerprint density at radius 1 is 1.16 bits per heavy atom. The molecular formula is C24H31NO6. The first kappa shape index (κ1) is 22.8. The highest BCUT2D eigenvalue weighted by molar-refractivity contribution is 5.91. The summed E-state index contributed by atoms with van der Waals surface area (Å²) in [5.41, 5.74) is 0.876. The molecule has 0 saturated carbocycles. The molecule has 0 bridgehead atoms. The molecule has 3 rings (SSSR count). The van der Waals surface area contributed by atoms with Crippen molar-refractivity contribution >= 4 is 17.7 Å². The molecule has 31 heavy (non-hydrogen) atoms. The van der Waals surface area contributed by atoms with Gasteiger partial charge in [-0.05, 0) is 50.0 Å². The fourth-order valence-corrected chi connectivity index (χ4v) is 3.91. The van der Waals surface area contributed by atoms with Gasteiger partial charge in [0.05, 0.1) is 12.6 Å². The highest BCUT2D eigenvalue weighted by atomic mass is 16.7. The summed E-state index contributed by atoms with van der Waals surface area (Å²) in [5.74, 6) is 1.37. The number of amides is 1. The number of benzene rings is 1. The third-order valence-electron chi connectivity index (χ3n) is 5.53. The van der Waals surface area contributed by atoms with Crippen LogP contribution in [0.5, 0.6) is 11.5 Å². The maximum absolute atomic E-state index is 12.4. The number of nitrogens with zero attached hydrogens (tertiary/aromatic N) is 1. The van der Waals surface area contributed by atoms with Crippen LogP contribution >= 0.6 is 0 Å². The van der Waals surface area contributed by atoms with Gasteiger partial charge in [0.2, 0.25) is 12.7 Å². The highest BCUT2D eigenvalue weighted by Crippen LogP contribution is 2.32. The van der Waals surface area contributed by atoms with Crippen molar-refractivity contribution in [1.82, 2.24) is 4.90 Å². The van der Waals surface area contributed by atoms with Gasteiger partial charge in [-0.1, -0.05) is 25.0 Å². The van der Waals surface area contributed by atoms with Crippen molar-refractivity contribution in [2.75, 3.05) is 19.9 Å². The van der Waals surface area contributed by atoms with Crippen LogP contribution in [0.4, 0.5) is 0 Å². The van der Waals surface area contributed by atoms with Gasteiger partial charge in [0.15, 0.2) is 17.3 Å². The zero-order chi connectivity index (χ0) is 22.1. The van der Waals surface area contributed by atoms with E-state index in [0.29, 0.717) is 37.5 Å². The van der Waals surface area contributed by atoms with Crippen molar-refractivity contribution in [3.05, 3.63) is 35.9 Å². The summed E-state index contributed by atoms with van der Waals surface area (Å²) < 4.78 is 15.6. The van der Waals surface area contributed by atoms with Crippen LogP contribution in [0.15, 0.2) is 30.4 Å². The summed E-state index contributed by atoms with van der Waals surface area (Å²) in [5, 5.41) is 0. The smallest absolute Gasteiger partial charge is 0.305 e. The van der Waals surface area contributed by atoms with E-state index >= 15 is 0 Å². The molecule has 7 nitrogen and oxygen atoms in total. The van der Waals surface area contributed by atoms with Crippen molar-refractivity contribution in [2.45, 2.75) is 64.3 Å². The maximum Gasteiger partial charge on any atom is 0.305 e. The summed E-state index contributed by atoms with van der Waals surface area (Å²) in [6.07, 6.45) is 9.07. The molecule has 0 aliphatic carbocycles. The second kappa shape index (κ2) is 11.5. The second-order valence-electron chi connectivity index (χ2n) is 7.85. The second-order valence-corrected chi connectivity index (χ2v) is 7.85. The lowest BCUT2D eigenvalue weighted by Gasteiger charge is -2.22. The molecule has 1 saturated heterocycles. The number of carbonyl (C=O) groups is 3. The van der Waals surface area contributed by atoms with E-state index in [4.69, 9.17) is 14.2 Å². The molecule has 7 heteroatoms. The van der Waals surface area contributed by atoms with Crippen molar-refractivity contribution in [3.8, 4) is 11.5 Å². The number of ether oxygens (including phenoxy) is 3. The zero-order valence-electron chi connectivity index (χ0n) is 18.1. The van der Waals surface area contributed by atoms with Gasteiger partial charge in [-0.2, -0.15) is 0 Å². The molecule has 1 unspecified atom stereocenters. The lowest BCUT2D eigenvalue weighted by molar-refractivity contribution is -0.143. The lowest BCUT2D eigenvalue weighted by Crippen LogP contribution is -2.32. The first-order valence-corrected chi connectivity index (χ1v) is 11.1. The molecule has 2 aliphatic rings. The third-order valence-corrected chi connectivity index (χ3v) is 5.53. The monoisotopic (exact) mass is 429 g/mol. The first-order chi connectivity index (χ1) is 15.1. The summed E-state index contributed by atoms with van der Waals surface area (Å²) in [6.45, 7) is 3.12. The van der Waals surface area contributed by atoms with Gasteiger partial charge in [0.1, 0.15) is 0 Å². The van der Waals surface area contributed by atoms with E-state index in [1.54, 1.807) is 13.0 Å². The van der Waals surface area contributed by atoms with E-state index in [0.717, 1.165) is 37.7 Å². The summed E-state index contributed by atoms with van der Waals surface area (Å²) >= 11 is 0. The molecular weight excluding hydrogens is 398 g/mol. The first-order valence-electron chi connectivity index (χ1n) is 11.1. The van der Waals surface area contributed by atoms with Crippen LogP contribution in [0.2, 0.25) is 0 Å². The van der Waals surface area contributed by atoms with Gasteiger partial charge in [0.25, 0.3) is 0 Å². The normalized spacial score (nSPS) is 17.5. The average Bonchev–Trinajstić information content (AvgIpc) is 3.35. The zero-order valence-corrected chi connectivity index (χ0v) is 18.1. The molecule has 0 spiro atoms. The predicted molar refractivity (Wildman–Crippen MR) is 115 cm³/mol. The standard InChI is InChI=1S/C24H31NO6/c1-2-29-24(28)7-5-3-4-6-14-25-19(10-13-23(25)27)9-11-20(26)15-18-8-12-21-22(16-18)31-17-30-21/h8-9,11-12,16,19H,2-7,10,13-15,17H2,1H3/b11-9+. The molecule has 0 N–H and O–H groups in total. The summed E-state index contributed by atoms with van der Waals surface area (Å²) in [6, 6.07) is 5.50. The Labute approximate surface area is 183 Å². The van der Waals surface area contributed by atoms with E-state index in [1.807, 2.05) is 29.2 Å².